The Morgan fingerprint density at radius 3 is 2.73 bits per heavy atom. The summed E-state index contributed by atoms with van der Waals surface area (Å²) in [5, 5.41) is 11.1. The highest BCUT2D eigenvalue weighted by molar-refractivity contribution is 7.20. The molecule has 0 aliphatic rings. The molecule has 0 aliphatic carbocycles. The summed E-state index contributed by atoms with van der Waals surface area (Å²) in [6, 6.07) is 16.6. The number of para-hydroxylation sites is 1. The second-order valence-corrected chi connectivity index (χ2v) is 6.79. The van der Waals surface area contributed by atoms with Crippen LogP contribution in [-0.4, -0.2) is 24.6 Å². The van der Waals surface area contributed by atoms with Crippen molar-refractivity contribution in [1.29, 1.82) is 5.41 Å². The van der Waals surface area contributed by atoms with Crippen LogP contribution in [0.3, 0.4) is 0 Å². The van der Waals surface area contributed by atoms with E-state index in [2.05, 4.69) is 5.32 Å². The van der Waals surface area contributed by atoms with E-state index in [0.717, 1.165) is 10.1 Å². The number of fused-ring (bicyclic) bond motifs is 1. The van der Waals surface area contributed by atoms with Gasteiger partial charge in [0.15, 0.2) is 0 Å². The first-order valence-electron chi connectivity index (χ1n) is 8.05. The minimum Gasteiger partial charge on any atom is -0.486 e. The van der Waals surface area contributed by atoms with Crippen LogP contribution in [0, 0.1) is 5.41 Å². The predicted octanol–water partition coefficient (Wildman–Crippen LogP) is 4.20. The van der Waals surface area contributed by atoms with Crippen LogP contribution in [-0.2, 0) is 4.74 Å². The Hall–Kier alpha value is -3.06. The maximum absolute atomic E-state index is 11.8. The molecule has 1 unspecified atom stereocenters. The SMILES string of the molecule is CC(COC(=O)Nc1ccccc1)Oc1cccc2sc(C(=N)N)cc12. The first-order chi connectivity index (χ1) is 12.5. The standard InChI is InChI=1S/C19H19N3O3S/c1-12(11-24-19(23)22-13-6-3-2-4-7-13)25-15-8-5-9-16-14(15)10-17(26-16)18(20)21/h2-10,12H,11H2,1H3,(H3,20,21)(H,22,23). The first-order valence-corrected chi connectivity index (χ1v) is 8.87. The summed E-state index contributed by atoms with van der Waals surface area (Å²) in [5.74, 6) is 0.705. The van der Waals surface area contributed by atoms with Crippen LogP contribution in [0.2, 0.25) is 0 Å². The Labute approximate surface area is 155 Å². The fourth-order valence-electron chi connectivity index (χ4n) is 2.39. The van der Waals surface area contributed by atoms with Crippen LogP contribution in [0.15, 0.2) is 54.6 Å². The van der Waals surface area contributed by atoms with E-state index in [-0.39, 0.29) is 18.5 Å². The highest BCUT2D eigenvalue weighted by Gasteiger charge is 2.13. The molecule has 4 N–H and O–H groups in total. The molecule has 0 bridgehead atoms. The van der Waals surface area contributed by atoms with Gasteiger partial charge in [0, 0.05) is 15.8 Å². The van der Waals surface area contributed by atoms with Crippen LogP contribution in [0.1, 0.15) is 11.8 Å². The number of nitrogens with one attached hydrogen (secondary N) is 2. The summed E-state index contributed by atoms with van der Waals surface area (Å²) in [7, 11) is 0. The molecular weight excluding hydrogens is 350 g/mol. The van der Waals surface area contributed by atoms with Crippen LogP contribution in [0.25, 0.3) is 10.1 Å². The molecule has 0 saturated carbocycles. The number of amides is 1. The molecule has 0 aliphatic heterocycles. The normalized spacial score (nSPS) is 11.7. The second kappa shape index (κ2) is 7.88. The third-order valence-electron chi connectivity index (χ3n) is 3.58. The Morgan fingerprint density at radius 2 is 2.00 bits per heavy atom. The van der Waals surface area contributed by atoms with Crippen LogP contribution >= 0.6 is 11.3 Å². The van der Waals surface area contributed by atoms with E-state index in [1.807, 2.05) is 49.4 Å². The average Bonchev–Trinajstić information content (AvgIpc) is 3.07. The number of benzene rings is 2. The number of nitrogens with two attached hydrogens (primary N) is 1. The number of rotatable bonds is 6. The molecule has 3 aromatic rings. The van der Waals surface area contributed by atoms with E-state index in [9.17, 15) is 4.79 Å². The minimum atomic E-state index is -0.528. The smallest absolute Gasteiger partial charge is 0.411 e. The van der Waals surface area contributed by atoms with Crippen molar-refractivity contribution in [1.82, 2.24) is 0 Å². The minimum absolute atomic E-state index is 0.0334. The molecule has 1 aromatic heterocycles. The van der Waals surface area contributed by atoms with Crippen LogP contribution < -0.4 is 15.8 Å². The first kappa shape index (κ1) is 17.8. The van der Waals surface area contributed by atoms with Crippen molar-refractivity contribution in [2.75, 3.05) is 11.9 Å². The van der Waals surface area contributed by atoms with Gasteiger partial charge < -0.3 is 15.2 Å². The average molecular weight is 369 g/mol. The molecule has 6 nitrogen and oxygen atoms in total. The number of hydrogen-bond acceptors (Lipinski definition) is 5. The van der Waals surface area contributed by atoms with Gasteiger partial charge in [0.2, 0.25) is 0 Å². The molecule has 0 saturated heterocycles. The van der Waals surface area contributed by atoms with Gasteiger partial charge in [-0.05, 0) is 37.3 Å². The zero-order chi connectivity index (χ0) is 18.5. The summed E-state index contributed by atoms with van der Waals surface area (Å²) in [5.41, 5.74) is 6.23. The quantitative estimate of drug-likeness (QED) is 0.448. The fraction of sp³-hybridized carbons (Fsp3) is 0.158. The molecule has 134 valence electrons. The molecule has 2 aromatic carbocycles. The van der Waals surface area contributed by atoms with Gasteiger partial charge in [0.1, 0.15) is 24.3 Å². The molecule has 0 spiro atoms. The lowest BCUT2D eigenvalue weighted by Gasteiger charge is -2.16. The topological polar surface area (TPSA) is 97.4 Å². The highest BCUT2D eigenvalue weighted by atomic mass is 32.1. The molecule has 1 heterocycles. The summed E-state index contributed by atoms with van der Waals surface area (Å²) in [4.78, 5) is 12.5. The van der Waals surface area contributed by atoms with Gasteiger partial charge >= 0.3 is 6.09 Å². The van der Waals surface area contributed by atoms with Crippen LogP contribution in [0.5, 0.6) is 5.75 Å². The van der Waals surface area contributed by atoms with Gasteiger partial charge in [-0.1, -0.05) is 24.3 Å². The number of thiophene rings is 1. The van der Waals surface area contributed by atoms with E-state index in [4.69, 9.17) is 20.6 Å². The van der Waals surface area contributed by atoms with Crippen molar-refractivity contribution in [3.05, 3.63) is 59.5 Å². The number of hydrogen-bond donors (Lipinski definition) is 3. The Balaban J connectivity index is 1.59. The Morgan fingerprint density at radius 1 is 1.23 bits per heavy atom. The largest absolute Gasteiger partial charge is 0.486 e. The highest BCUT2D eigenvalue weighted by Crippen LogP contribution is 2.33. The number of anilines is 1. The fourth-order valence-corrected chi connectivity index (χ4v) is 3.33. The Bertz CT molecular complexity index is 924. The van der Waals surface area contributed by atoms with Gasteiger partial charge in [0.05, 0.1) is 4.88 Å². The second-order valence-electron chi connectivity index (χ2n) is 5.71. The zero-order valence-electron chi connectivity index (χ0n) is 14.2. The Kier molecular flexibility index (Phi) is 5.38. The molecular formula is C19H19N3O3S. The molecule has 0 fully saturated rings. The van der Waals surface area contributed by atoms with Crippen molar-refractivity contribution in [3.63, 3.8) is 0 Å². The van der Waals surface area contributed by atoms with Gasteiger partial charge in [-0.2, -0.15) is 0 Å². The van der Waals surface area contributed by atoms with Gasteiger partial charge in [-0.15, -0.1) is 11.3 Å². The van der Waals surface area contributed by atoms with Crippen LogP contribution in [0.4, 0.5) is 10.5 Å². The predicted molar refractivity (Wildman–Crippen MR) is 104 cm³/mol. The van der Waals surface area contributed by atoms with Gasteiger partial charge in [0.25, 0.3) is 0 Å². The van der Waals surface area contributed by atoms with E-state index in [0.29, 0.717) is 16.3 Å². The van der Waals surface area contributed by atoms with Gasteiger partial charge in [-0.3, -0.25) is 10.7 Å². The van der Waals surface area contributed by atoms with E-state index in [1.165, 1.54) is 11.3 Å². The summed E-state index contributed by atoms with van der Waals surface area (Å²) in [6.45, 7) is 1.94. The maximum Gasteiger partial charge on any atom is 0.411 e. The molecule has 26 heavy (non-hydrogen) atoms. The van der Waals surface area contributed by atoms with Crippen molar-refractivity contribution in [2.24, 2.45) is 5.73 Å². The third-order valence-corrected chi connectivity index (χ3v) is 4.72. The maximum atomic E-state index is 11.8. The third kappa shape index (κ3) is 4.31. The summed E-state index contributed by atoms with van der Waals surface area (Å²) < 4.78 is 12.1. The lowest BCUT2D eigenvalue weighted by Crippen LogP contribution is -2.24. The molecule has 1 atom stereocenters. The molecule has 1 amide bonds. The number of carbonyl (C=O) groups excluding carboxylic acids is 1. The number of carbonyl (C=O) groups is 1. The van der Waals surface area contributed by atoms with Crippen molar-refractivity contribution >= 4 is 39.0 Å². The van der Waals surface area contributed by atoms with E-state index < -0.39 is 6.09 Å². The molecule has 0 radical (unpaired) electrons. The summed E-state index contributed by atoms with van der Waals surface area (Å²) >= 11 is 1.44. The van der Waals surface area contributed by atoms with E-state index in [1.54, 1.807) is 12.1 Å². The number of ether oxygens (including phenoxy) is 2. The van der Waals surface area contributed by atoms with Gasteiger partial charge in [-0.25, -0.2) is 4.79 Å². The van der Waals surface area contributed by atoms with Crippen molar-refractivity contribution in [2.45, 2.75) is 13.0 Å². The lowest BCUT2D eigenvalue weighted by molar-refractivity contribution is 0.100. The van der Waals surface area contributed by atoms with Crippen molar-refractivity contribution in [3.8, 4) is 5.75 Å². The number of nitrogen functional groups attached to an aromatic ring is 1. The number of amidine groups is 1. The zero-order valence-corrected chi connectivity index (χ0v) is 15.0. The van der Waals surface area contributed by atoms with E-state index >= 15 is 0 Å². The monoisotopic (exact) mass is 369 g/mol. The summed E-state index contributed by atoms with van der Waals surface area (Å²) in [6.07, 6.45) is -0.859. The molecule has 3 rings (SSSR count). The lowest BCUT2D eigenvalue weighted by atomic mass is 10.2. The van der Waals surface area contributed by atoms with Crippen molar-refractivity contribution < 1.29 is 14.3 Å². The molecule has 7 heteroatoms.